The number of thioether (sulfide) groups is 1. The summed E-state index contributed by atoms with van der Waals surface area (Å²) >= 11 is 3.18. The summed E-state index contributed by atoms with van der Waals surface area (Å²) in [7, 11) is 0. The first-order valence-electron chi connectivity index (χ1n) is 5.98. The third kappa shape index (κ3) is 3.31. The largest absolute Gasteiger partial charge is 0.323 e. The van der Waals surface area contributed by atoms with Gasteiger partial charge >= 0.3 is 0 Å². The summed E-state index contributed by atoms with van der Waals surface area (Å²) in [5, 5.41) is 0.333. The van der Waals surface area contributed by atoms with Gasteiger partial charge in [-0.2, -0.15) is 4.37 Å². The number of hydrogen-bond donors (Lipinski definition) is 1. The van der Waals surface area contributed by atoms with Crippen molar-refractivity contribution >= 4 is 23.3 Å². The van der Waals surface area contributed by atoms with Gasteiger partial charge in [0.25, 0.3) is 0 Å². The lowest BCUT2D eigenvalue weighted by Gasteiger charge is -2.21. The van der Waals surface area contributed by atoms with Crippen molar-refractivity contribution in [1.82, 2.24) is 9.36 Å². The predicted octanol–water partition coefficient (Wildman–Crippen LogP) is 3.42. The van der Waals surface area contributed by atoms with Crippen molar-refractivity contribution in [3.63, 3.8) is 0 Å². The van der Waals surface area contributed by atoms with Gasteiger partial charge in [-0.05, 0) is 30.4 Å². The third-order valence-corrected chi connectivity index (χ3v) is 5.09. The van der Waals surface area contributed by atoms with Gasteiger partial charge in [-0.25, -0.2) is 4.98 Å². The van der Waals surface area contributed by atoms with Gasteiger partial charge in [-0.1, -0.05) is 49.0 Å². The van der Waals surface area contributed by atoms with Gasteiger partial charge in [0, 0.05) is 11.3 Å². The van der Waals surface area contributed by atoms with Crippen molar-refractivity contribution in [2.45, 2.75) is 35.9 Å². The van der Waals surface area contributed by atoms with E-state index in [-0.39, 0.29) is 6.04 Å². The summed E-state index contributed by atoms with van der Waals surface area (Å²) in [6.45, 7) is 4.08. The van der Waals surface area contributed by atoms with E-state index in [0.717, 1.165) is 16.6 Å². The van der Waals surface area contributed by atoms with E-state index >= 15 is 0 Å². The van der Waals surface area contributed by atoms with Crippen molar-refractivity contribution in [2.24, 2.45) is 5.73 Å². The van der Waals surface area contributed by atoms with E-state index in [4.69, 9.17) is 5.73 Å². The fraction of sp³-hybridized carbons (Fsp3) is 0.385. The van der Waals surface area contributed by atoms with Crippen LogP contribution in [0.1, 0.15) is 30.8 Å². The molecule has 0 bridgehead atoms. The summed E-state index contributed by atoms with van der Waals surface area (Å²) in [6, 6.07) is 10.3. The Kier molecular flexibility index (Phi) is 4.74. The average molecular weight is 279 g/mol. The molecule has 0 aliphatic heterocycles. The zero-order chi connectivity index (χ0) is 13.0. The molecule has 0 aliphatic rings. The summed E-state index contributed by atoms with van der Waals surface area (Å²) in [4.78, 5) is 4.39. The number of nitrogens with two attached hydrogens (primary N) is 1. The Morgan fingerprint density at radius 2 is 2.06 bits per heavy atom. The van der Waals surface area contributed by atoms with Crippen LogP contribution in [0.4, 0.5) is 0 Å². The number of nitrogens with zero attached hydrogens (tertiary/aromatic N) is 2. The van der Waals surface area contributed by atoms with Gasteiger partial charge in [0.15, 0.2) is 4.34 Å². The molecule has 3 nitrogen and oxygen atoms in total. The first-order chi connectivity index (χ1) is 8.70. The van der Waals surface area contributed by atoms with Crippen LogP contribution in [0.15, 0.2) is 34.7 Å². The molecule has 1 heterocycles. The van der Waals surface area contributed by atoms with E-state index in [9.17, 15) is 0 Å². The Morgan fingerprint density at radius 1 is 1.33 bits per heavy atom. The quantitative estimate of drug-likeness (QED) is 0.852. The van der Waals surface area contributed by atoms with Crippen molar-refractivity contribution in [2.75, 3.05) is 0 Å². The van der Waals surface area contributed by atoms with Gasteiger partial charge in [0.2, 0.25) is 0 Å². The second kappa shape index (κ2) is 6.31. The maximum absolute atomic E-state index is 6.34. The minimum Gasteiger partial charge on any atom is -0.323 e. The molecule has 0 saturated carbocycles. The number of aromatic nitrogens is 2. The molecule has 0 aliphatic carbocycles. The number of hydrogen-bond acceptors (Lipinski definition) is 5. The van der Waals surface area contributed by atoms with Gasteiger partial charge in [-0.3, -0.25) is 0 Å². The molecule has 0 spiro atoms. The van der Waals surface area contributed by atoms with Crippen LogP contribution < -0.4 is 5.73 Å². The molecule has 2 aromatic rings. The summed E-state index contributed by atoms with van der Waals surface area (Å²) in [5.74, 6) is 0.839. The molecule has 5 heteroatoms. The lowest BCUT2D eigenvalue weighted by atomic mass is 10.0. The molecule has 2 atom stereocenters. The Morgan fingerprint density at radius 3 is 2.61 bits per heavy atom. The molecule has 18 heavy (non-hydrogen) atoms. The number of aryl methyl sites for hydroxylation is 1. The minimum absolute atomic E-state index is 0.0328. The molecule has 2 N–H and O–H groups in total. The third-order valence-electron chi connectivity index (χ3n) is 2.75. The fourth-order valence-corrected chi connectivity index (χ4v) is 3.75. The average Bonchev–Trinajstić information content (AvgIpc) is 2.82. The summed E-state index contributed by atoms with van der Waals surface area (Å²) < 4.78 is 5.21. The highest BCUT2D eigenvalue weighted by Crippen LogP contribution is 2.33. The highest BCUT2D eigenvalue weighted by Gasteiger charge is 2.20. The zero-order valence-electron chi connectivity index (χ0n) is 10.5. The maximum Gasteiger partial charge on any atom is 0.170 e. The molecule has 1 aromatic heterocycles. The summed E-state index contributed by atoms with van der Waals surface area (Å²) in [5.41, 5.74) is 7.52. The van der Waals surface area contributed by atoms with E-state index in [1.807, 2.05) is 25.1 Å². The number of rotatable bonds is 5. The van der Waals surface area contributed by atoms with Gasteiger partial charge in [0.1, 0.15) is 5.82 Å². The van der Waals surface area contributed by atoms with Crippen LogP contribution in [0.25, 0.3) is 0 Å². The van der Waals surface area contributed by atoms with Crippen molar-refractivity contribution in [3.8, 4) is 0 Å². The first-order valence-corrected chi connectivity index (χ1v) is 7.63. The monoisotopic (exact) mass is 279 g/mol. The second-order valence-corrected chi connectivity index (χ2v) is 6.35. The summed E-state index contributed by atoms with van der Waals surface area (Å²) in [6.07, 6.45) is 1.01. The van der Waals surface area contributed by atoms with Gasteiger partial charge in [0.05, 0.1) is 0 Å². The molecule has 0 radical (unpaired) electrons. The van der Waals surface area contributed by atoms with Crippen LogP contribution in [0.5, 0.6) is 0 Å². The standard InChI is InChI=1S/C13H17N3S2/c1-3-11(17-13-15-9(2)16-18-13)12(14)10-7-5-4-6-8-10/h4-8,11-12H,3,14H2,1-2H3. The highest BCUT2D eigenvalue weighted by molar-refractivity contribution is 8.01. The highest BCUT2D eigenvalue weighted by atomic mass is 32.2. The van der Waals surface area contributed by atoms with Crippen LogP contribution in [0, 0.1) is 6.92 Å². The van der Waals surface area contributed by atoms with Crippen molar-refractivity contribution in [3.05, 3.63) is 41.7 Å². The van der Waals surface area contributed by atoms with E-state index in [1.165, 1.54) is 17.1 Å². The van der Waals surface area contributed by atoms with E-state index in [1.54, 1.807) is 11.8 Å². The van der Waals surface area contributed by atoms with Crippen LogP contribution >= 0.6 is 23.3 Å². The molecule has 2 unspecified atom stereocenters. The van der Waals surface area contributed by atoms with Gasteiger partial charge < -0.3 is 5.73 Å². The maximum atomic E-state index is 6.34. The molecule has 2 rings (SSSR count). The Hall–Kier alpha value is -0.910. The minimum atomic E-state index is 0.0328. The van der Waals surface area contributed by atoms with Gasteiger partial charge in [-0.15, -0.1) is 0 Å². The van der Waals surface area contributed by atoms with Crippen molar-refractivity contribution < 1.29 is 0 Å². The lowest BCUT2D eigenvalue weighted by Crippen LogP contribution is -2.23. The van der Waals surface area contributed by atoms with E-state index in [0.29, 0.717) is 5.25 Å². The number of benzene rings is 1. The van der Waals surface area contributed by atoms with Crippen LogP contribution in [-0.4, -0.2) is 14.6 Å². The second-order valence-electron chi connectivity index (χ2n) is 4.11. The smallest absolute Gasteiger partial charge is 0.170 e. The predicted molar refractivity (Wildman–Crippen MR) is 78.0 cm³/mol. The lowest BCUT2D eigenvalue weighted by molar-refractivity contribution is 0.656. The van der Waals surface area contributed by atoms with Crippen LogP contribution in [0.2, 0.25) is 0 Å². The van der Waals surface area contributed by atoms with Crippen LogP contribution in [0.3, 0.4) is 0 Å². The Labute approximate surface area is 116 Å². The van der Waals surface area contributed by atoms with Crippen LogP contribution in [-0.2, 0) is 0 Å². The molecule has 0 saturated heterocycles. The molecular weight excluding hydrogens is 262 g/mol. The molecule has 0 amide bonds. The van der Waals surface area contributed by atoms with Crippen molar-refractivity contribution in [1.29, 1.82) is 0 Å². The van der Waals surface area contributed by atoms with E-state index < -0.39 is 0 Å². The molecule has 96 valence electrons. The fourth-order valence-electron chi connectivity index (χ4n) is 1.76. The molecule has 0 fully saturated rings. The normalized spacial score (nSPS) is 14.4. The Balaban J connectivity index is 2.09. The zero-order valence-corrected chi connectivity index (χ0v) is 12.2. The molecular formula is C13H17N3S2. The Bertz CT molecular complexity index is 484. The first kappa shape index (κ1) is 13.5. The van der Waals surface area contributed by atoms with E-state index in [2.05, 4.69) is 28.4 Å². The SMILES string of the molecule is CCC(Sc1nc(C)ns1)C(N)c1ccccc1. The topological polar surface area (TPSA) is 51.8 Å². The molecule has 1 aromatic carbocycles.